The maximum atomic E-state index is 6.24. The lowest BCUT2D eigenvalue weighted by Crippen LogP contribution is -2.11. The second-order valence-electron chi connectivity index (χ2n) is 5.58. The van der Waals surface area contributed by atoms with Crippen LogP contribution in [0.2, 0.25) is 0 Å². The number of benzene rings is 2. The fourth-order valence-corrected chi connectivity index (χ4v) is 2.44. The minimum atomic E-state index is -0.00127. The fourth-order valence-electron chi connectivity index (χ4n) is 2.44. The molecule has 0 saturated carbocycles. The number of hydrogen-bond donors (Lipinski definition) is 2. The van der Waals surface area contributed by atoms with Crippen molar-refractivity contribution >= 4 is 0 Å². The zero-order valence-corrected chi connectivity index (χ0v) is 13.7. The maximum absolute atomic E-state index is 6.24. The summed E-state index contributed by atoms with van der Waals surface area (Å²) in [6.45, 7) is 1.22. The van der Waals surface area contributed by atoms with Gasteiger partial charge < -0.3 is 20.9 Å². The smallest absolute Gasteiger partial charge is 0.161 e. The highest BCUT2D eigenvalue weighted by Gasteiger charge is 2.11. The lowest BCUT2D eigenvalue weighted by atomic mass is 10.0. The summed E-state index contributed by atoms with van der Waals surface area (Å²) >= 11 is 0. The van der Waals surface area contributed by atoms with E-state index in [9.17, 15) is 0 Å². The molecular weight excluding hydrogens is 288 g/mol. The molecule has 0 heterocycles. The number of hydrogen-bond acceptors (Lipinski definition) is 4. The van der Waals surface area contributed by atoms with Gasteiger partial charge >= 0.3 is 0 Å². The van der Waals surface area contributed by atoms with Gasteiger partial charge in [0.25, 0.3) is 0 Å². The Kier molecular flexibility index (Phi) is 6.91. The average molecular weight is 314 g/mol. The van der Waals surface area contributed by atoms with Gasteiger partial charge in [-0.3, -0.25) is 0 Å². The summed E-state index contributed by atoms with van der Waals surface area (Å²) in [5, 5.41) is 0. The van der Waals surface area contributed by atoms with E-state index in [1.165, 1.54) is 0 Å². The second kappa shape index (κ2) is 9.18. The quantitative estimate of drug-likeness (QED) is 0.696. The number of nitrogens with two attached hydrogens (primary N) is 2. The normalized spacial score (nSPS) is 12.0. The summed E-state index contributed by atoms with van der Waals surface area (Å²) in [6.07, 6.45) is 2.96. The second-order valence-corrected chi connectivity index (χ2v) is 5.58. The summed E-state index contributed by atoms with van der Waals surface area (Å²) in [6, 6.07) is 16.0. The van der Waals surface area contributed by atoms with Gasteiger partial charge in [-0.25, -0.2) is 0 Å². The summed E-state index contributed by atoms with van der Waals surface area (Å²) in [5.41, 5.74) is 13.9. The Balaban J connectivity index is 2.01. The van der Waals surface area contributed by atoms with E-state index in [4.69, 9.17) is 20.9 Å². The van der Waals surface area contributed by atoms with Crippen molar-refractivity contribution in [2.45, 2.75) is 31.9 Å². The minimum Gasteiger partial charge on any atom is -0.493 e. The lowest BCUT2D eigenvalue weighted by molar-refractivity contribution is 0.284. The van der Waals surface area contributed by atoms with Crippen LogP contribution in [0.3, 0.4) is 0 Å². The molecule has 4 nitrogen and oxygen atoms in total. The maximum Gasteiger partial charge on any atom is 0.161 e. The zero-order chi connectivity index (χ0) is 16.5. The van der Waals surface area contributed by atoms with Crippen molar-refractivity contribution in [3.8, 4) is 11.5 Å². The Bertz CT molecular complexity index is 587. The molecule has 0 saturated heterocycles. The fraction of sp³-hybridized carbons (Fsp3) is 0.368. The van der Waals surface area contributed by atoms with E-state index in [0.717, 1.165) is 36.1 Å². The Morgan fingerprint density at radius 3 is 2.48 bits per heavy atom. The topological polar surface area (TPSA) is 70.5 Å². The van der Waals surface area contributed by atoms with Crippen molar-refractivity contribution in [2.24, 2.45) is 11.5 Å². The molecular formula is C19H26N2O2. The molecule has 0 aliphatic carbocycles. The van der Waals surface area contributed by atoms with Crippen molar-refractivity contribution in [3.63, 3.8) is 0 Å². The van der Waals surface area contributed by atoms with Gasteiger partial charge in [-0.1, -0.05) is 42.8 Å². The summed E-state index contributed by atoms with van der Waals surface area (Å²) in [4.78, 5) is 0. The molecule has 0 aromatic heterocycles. The van der Waals surface area contributed by atoms with Gasteiger partial charge in [-0.05, 0) is 42.6 Å². The summed E-state index contributed by atoms with van der Waals surface area (Å²) in [7, 11) is 1.65. The SMILES string of the molecule is COc1cc([C@@H](N)CCCCN)ccc1OCc1ccccc1. The standard InChI is InChI=1S/C19H26N2O2/c1-22-19-13-16(17(21)9-5-6-12-20)10-11-18(19)23-14-15-7-3-2-4-8-15/h2-4,7-8,10-11,13,17H,5-6,9,12,14,20-21H2,1H3/t17-/m0/s1. The van der Waals surface area contributed by atoms with Crippen molar-refractivity contribution < 1.29 is 9.47 Å². The van der Waals surface area contributed by atoms with Crippen LogP contribution in [0.5, 0.6) is 11.5 Å². The Hall–Kier alpha value is -2.04. The molecule has 0 spiro atoms. The van der Waals surface area contributed by atoms with Crippen molar-refractivity contribution in [1.82, 2.24) is 0 Å². The largest absolute Gasteiger partial charge is 0.493 e. The minimum absolute atomic E-state index is 0.00127. The average Bonchev–Trinajstić information content (AvgIpc) is 2.60. The molecule has 124 valence electrons. The van der Waals surface area contributed by atoms with Gasteiger partial charge in [0.2, 0.25) is 0 Å². The molecule has 0 fully saturated rings. The van der Waals surface area contributed by atoms with E-state index in [1.807, 2.05) is 48.5 Å². The molecule has 0 bridgehead atoms. The highest BCUT2D eigenvalue weighted by molar-refractivity contribution is 5.44. The van der Waals surface area contributed by atoms with Crippen molar-refractivity contribution in [3.05, 3.63) is 59.7 Å². The van der Waals surface area contributed by atoms with Crippen LogP contribution in [0.25, 0.3) is 0 Å². The molecule has 0 amide bonds. The first-order valence-corrected chi connectivity index (χ1v) is 8.05. The van der Waals surface area contributed by atoms with Crippen LogP contribution in [-0.2, 0) is 6.61 Å². The number of unbranched alkanes of at least 4 members (excludes halogenated alkanes) is 1. The molecule has 1 atom stereocenters. The summed E-state index contributed by atoms with van der Waals surface area (Å²) in [5.74, 6) is 1.45. The number of ether oxygens (including phenoxy) is 2. The first-order chi connectivity index (χ1) is 11.2. The monoisotopic (exact) mass is 314 g/mol. The van der Waals surface area contributed by atoms with Gasteiger partial charge in [-0.15, -0.1) is 0 Å². The number of methoxy groups -OCH3 is 1. The molecule has 0 radical (unpaired) electrons. The third-order valence-electron chi connectivity index (χ3n) is 3.82. The van der Waals surface area contributed by atoms with Crippen LogP contribution < -0.4 is 20.9 Å². The van der Waals surface area contributed by atoms with Crippen LogP contribution in [-0.4, -0.2) is 13.7 Å². The Morgan fingerprint density at radius 1 is 1.00 bits per heavy atom. The van der Waals surface area contributed by atoms with E-state index >= 15 is 0 Å². The van der Waals surface area contributed by atoms with Crippen molar-refractivity contribution in [1.29, 1.82) is 0 Å². The highest BCUT2D eigenvalue weighted by atomic mass is 16.5. The number of rotatable bonds is 9. The van der Waals surface area contributed by atoms with Gasteiger partial charge in [0.15, 0.2) is 11.5 Å². The van der Waals surface area contributed by atoms with Crippen LogP contribution in [0.4, 0.5) is 0 Å². The predicted molar refractivity (Wildman–Crippen MR) is 93.6 cm³/mol. The third kappa shape index (κ3) is 5.27. The Labute approximate surface area is 138 Å². The predicted octanol–water partition coefficient (Wildman–Crippen LogP) is 3.40. The van der Waals surface area contributed by atoms with Crippen LogP contribution in [0.15, 0.2) is 48.5 Å². The third-order valence-corrected chi connectivity index (χ3v) is 3.82. The van der Waals surface area contributed by atoms with Gasteiger partial charge in [-0.2, -0.15) is 0 Å². The van der Waals surface area contributed by atoms with Gasteiger partial charge in [0.05, 0.1) is 7.11 Å². The molecule has 4 heteroatoms. The highest BCUT2D eigenvalue weighted by Crippen LogP contribution is 2.31. The molecule has 2 rings (SSSR count). The van der Waals surface area contributed by atoms with Crippen LogP contribution in [0, 0.1) is 0 Å². The lowest BCUT2D eigenvalue weighted by Gasteiger charge is -2.16. The van der Waals surface area contributed by atoms with E-state index in [0.29, 0.717) is 18.9 Å². The Morgan fingerprint density at radius 2 is 1.78 bits per heavy atom. The first kappa shape index (κ1) is 17.3. The van der Waals surface area contributed by atoms with E-state index in [2.05, 4.69) is 0 Å². The zero-order valence-electron chi connectivity index (χ0n) is 13.7. The first-order valence-electron chi connectivity index (χ1n) is 8.05. The van der Waals surface area contributed by atoms with E-state index in [1.54, 1.807) is 7.11 Å². The molecule has 2 aromatic rings. The van der Waals surface area contributed by atoms with Crippen molar-refractivity contribution in [2.75, 3.05) is 13.7 Å². The van der Waals surface area contributed by atoms with Crippen LogP contribution >= 0.6 is 0 Å². The molecule has 0 unspecified atom stereocenters. The molecule has 0 aliphatic heterocycles. The van der Waals surface area contributed by atoms with Crippen LogP contribution in [0.1, 0.15) is 36.4 Å². The molecule has 0 aliphatic rings. The van der Waals surface area contributed by atoms with E-state index in [-0.39, 0.29) is 6.04 Å². The van der Waals surface area contributed by atoms with Gasteiger partial charge in [0, 0.05) is 6.04 Å². The van der Waals surface area contributed by atoms with E-state index < -0.39 is 0 Å². The summed E-state index contributed by atoms with van der Waals surface area (Å²) < 4.78 is 11.3. The van der Waals surface area contributed by atoms with Gasteiger partial charge in [0.1, 0.15) is 6.61 Å². The molecule has 2 aromatic carbocycles. The molecule has 23 heavy (non-hydrogen) atoms. The molecule has 4 N–H and O–H groups in total.